The molecule has 1 heterocycles. The molecule has 0 saturated carbocycles. The molecule has 0 amide bonds. The van der Waals surface area contributed by atoms with Gasteiger partial charge in [0.05, 0.1) is 0 Å². The maximum Gasteiger partial charge on any atom is 0.165 e. The summed E-state index contributed by atoms with van der Waals surface area (Å²) in [6, 6.07) is 27.6. The minimum Gasteiger partial charge on any atom is -0.491 e. The highest BCUT2D eigenvalue weighted by molar-refractivity contribution is 9.10. The molecule has 7 nitrogen and oxygen atoms in total. The summed E-state index contributed by atoms with van der Waals surface area (Å²) in [7, 11) is 0. The summed E-state index contributed by atoms with van der Waals surface area (Å²) in [4.78, 5) is 3.06. The largest absolute Gasteiger partial charge is 0.491 e. The van der Waals surface area contributed by atoms with Gasteiger partial charge in [-0.1, -0.05) is 75.6 Å². The molecule has 0 bridgehead atoms. The molecule has 0 spiro atoms. The molecule has 5 atom stereocenters. The monoisotopic (exact) mass is 509 g/mol. The minimum atomic E-state index is -1.00. The average molecular weight is 510 g/mol. The van der Waals surface area contributed by atoms with Gasteiger partial charge in [0.1, 0.15) is 40.5 Å². The first-order chi connectivity index (χ1) is 16.1. The molecule has 0 unspecified atom stereocenters. The van der Waals surface area contributed by atoms with Crippen LogP contribution in [0.4, 0.5) is 0 Å². The molecule has 1 saturated heterocycles. The summed E-state index contributed by atoms with van der Waals surface area (Å²) < 4.78 is 24.1. The van der Waals surface area contributed by atoms with E-state index in [0.29, 0.717) is 17.2 Å². The van der Waals surface area contributed by atoms with Crippen LogP contribution in [0.1, 0.15) is 6.92 Å². The van der Waals surface area contributed by atoms with Crippen LogP contribution in [0.2, 0.25) is 0 Å². The van der Waals surface area contributed by atoms with E-state index in [4.69, 9.17) is 18.9 Å². The van der Waals surface area contributed by atoms with E-state index < -0.39 is 28.9 Å². The van der Waals surface area contributed by atoms with Gasteiger partial charge in [-0.2, -0.15) is 0 Å². The summed E-state index contributed by atoms with van der Waals surface area (Å²) >= 11 is 3.62. The fourth-order valence-electron chi connectivity index (χ4n) is 3.75. The molecule has 0 radical (unpaired) electrons. The van der Waals surface area contributed by atoms with Crippen molar-refractivity contribution in [1.29, 1.82) is 0 Å². The van der Waals surface area contributed by atoms with Crippen LogP contribution in [0.5, 0.6) is 17.2 Å². The molecule has 3 aromatic rings. The normalized spacial score (nSPS) is 26.6. The molecule has 1 aliphatic heterocycles. The summed E-state index contributed by atoms with van der Waals surface area (Å²) in [5.41, 5.74) is 9.29. The number of azide groups is 1. The Morgan fingerprint density at radius 1 is 0.848 bits per heavy atom. The van der Waals surface area contributed by atoms with Gasteiger partial charge in [-0.05, 0) is 48.9 Å². The number of nitrogens with zero attached hydrogens (tertiary/aromatic N) is 3. The SMILES string of the molecule is C[C@@]1(Br)O[C@H](COc2ccccc2)[C@@H](Oc2ccccc2)[C@H](Oc2ccccc2)[C@H]1N=[N+]=[N-]. The highest BCUT2D eigenvalue weighted by atomic mass is 79.9. The summed E-state index contributed by atoms with van der Waals surface area (Å²) in [5, 5.41) is 4.02. The summed E-state index contributed by atoms with van der Waals surface area (Å²) in [6.07, 6.45) is -1.82. The van der Waals surface area contributed by atoms with Gasteiger partial charge >= 0.3 is 0 Å². The van der Waals surface area contributed by atoms with E-state index >= 15 is 0 Å². The van der Waals surface area contributed by atoms with Crippen molar-refractivity contribution in [3.05, 3.63) is 101 Å². The van der Waals surface area contributed by atoms with Crippen molar-refractivity contribution in [3.63, 3.8) is 0 Å². The zero-order valence-electron chi connectivity index (χ0n) is 18.0. The Balaban J connectivity index is 1.69. The lowest BCUT2D eigenvalue weighted by Crippen LogP contribution is -2.64. The molecule has 8 heteroatoms. The molecule has 170 valence electrons. The van der Waals surface area contributed by atoms with Crippen molar-refractivity contribution in [1.82, 2.24) is 0 Å². The molecule has 33 heavy (non-hydrogen) atoms. The van der Waals surface area contributed by atoms with Crippen LogP contribution in [0, 0.1) is 0 Å². The summed E-state index contributed by atoms with van der Waals surface area (Å²) in [5.74, 6) is 2.00. The van der Waals surface area contributed by atoms with Gasteiger partial charge in [0.2, 0.25) is 0 Å². The molecule has 4 rings (SSSR count). The van der Waals surface area contributed by atoms with Crippen LogP contribution < -0.4 is 14.2 Å². The lowest BCUT2D eigenvalue weighted by molar-refractivity contribution is -0.176. The fourth-order valence-corrected chi connectivity index (χ4v) is 4.34. The zero-order chi connectivity index (χ0) is 23.1. The zero-order valence-corrected chi connectivity index (χ0v) is 19.6. The second kappa shape index (κ2) is 10.6. The molecular formula is C25H24BrN3O4. The first-order valence-electron chi connectivity index (χ1n) is 10.6. The van der Waals surface area contributed by atoms with Crippen LogP contribution in [-0.4, -0.2) is 35.5 Å². The van der Waals surface area contributed by atoms with Crippen LogP contribution >= 0.6 is 15.9 Å². The molecule has 0 N–H and O–H groups in total. The highest BCUT2D eigenvalue weighted by Crippen LogP contribution is 2.40. The molecule has 0 aliphatic carbocycles. The number of hydrogen-bond acceptors (Lipinski definition) is 5. The maximum atomic E-state index is 9.29. The van der Waals surface area contributed by atoms with E-state index in [9.17, 15) is 5.53 Å². The molecule has 1 aliphatic rings. The van der Waals surface area contributed by atoms with E-state index in [1.807, 2.05) is 97.9 Å². The molecule has 1 fully saturated rings. The van der Waals surface area contributed by atoms with Crippen molar-refractivity contribution in [2.75, 3.05) is 6.61 Å². The second-order valence-corrected chi connectivity index (χ2v) is 9.28. The predicted octanol–water partition coefficient (Wildman–Crippen LogP) is 6.15. The predicted molar refractivity (Wildman–Crippen MR) is 129 cm³/mol. The van der Waals surface area contributed by atoms with Gasteiger partial charge in [0.25, 0.3) is 0 Å². The topological polar surface area (TPSA) is 85.7 Å². The minimum absolute atomic E-state index is 0.209. The van der Waals surface area contributed by atoms with E-state index in [1.165, 1.54) is 0 Å². The first-order valence-corrected chi connectivity index (χ1v) is 11.4. The third-order valence-corrected chi connectivity index (χ3v) is 5.93. The van der Waals surface area contributed by atoms with Gasteiger partial charge in [0.15, 0.2) is 12.2 Å². The Kier molecular flexibility index (Phi) is 7.40. The van der Waals surface area contributed by atoms with E-state index in [1.54, 1.807) is 0 Å². The number of ether oxygens (including phenoxy) is 4. The number of alkyl halides is 1. The van der Waals surface area contributed by atoms with Crippen molar-refractivity contribution >= 4 is 15.9 Å². The number of rotatable bonds is 8. The quantitative estimate of drug-likeness (QED) is 0.158. The van der Waals surface area contributed by atoms with E-state index in [-0.39, 0.29) is 6.61 Å². The number of para-hydroxylation sites is 3. The van der Waals surface area contributed by atoms with Gasteiger partial charge in [-0.15, -0.1) is 0 Å². The lowest BCUT2D eigenvalue weighted by atomic mass is 9.93. The lowest BCUT2D eigenvalue weighted by Gasteiger charge is -2.47. The molecule has 0 aromatic heterocycles. The highest BCUT2D eigenvalue weighted by Gasteiger charge is 2.54. The van der Waals surface area contributed by atoms with Gasteiger partial charge in [-0.25, -0.2) is 0 Å². The van der Waals surface area contributed by atoms with E-state index in [0.717, 1.165) is 0 Å². The Morgan fingerprint density at radius 2 is 1.33 bits per heavy atom. The Bertz CT molecular complexity index is 1060. The maximum absolute atomic E-state index is 9.29. The van der Waals surface area contributed by atoms with Crippen LogP contribution in [-0.2, 0) is 4.74 Å². The van der Waals surface area contributed by atoms with Gasteiger partial charge in [-0.3, -0.25) is 0 Å². The number of hydrogen-bond donors (Lipinski definition) is 0. The van der Waals surface area contributed by atoms with Crippen LogP contribution in [0.25, 0.3) is 10.4 Å². The van der Waals surface area contributed by atoms with Crippen LogP contribution in [0.15, 0.2) is 96.1 Å². The number of halogens is 1. The Labute approximate surface area is 201 Å². The van der Waals surface area contributed by atoms with Crippen molar-refractivity contribution in [2.24, 2.45) is 5.11 Å². The Morgan fingerprint density at radius 3 is 1.85 bits per heavy atom. The second-order valence-electron chi connectivity index (χ2n) is 7.71. The molecular weight excluding hydrogens is 486 g/mol. The van der Waals surface area contributed by atoms with E-state index in [2.05, 4.69) is 26.0 Å². The van der Waals surface area contributed by atoms with Crippen molar-refractivity contribution < 1.29 is 18.9 Å². The van der Waals surface area contributed by atoms with Gasteiger partial charge in [0, 0.05) is 4.91 Å². The summed E-state index contributed by atoms with van der Waals surface area (Å²) in [6.45, 7) is 2.02. The third kappa shape index (κ3) is 5.79. The van der Waals surface area contributed by atoms with Crippen LogP contribution in [0.3, 0.4) is 0 Å². The van der Waals surface area contributed by atoms with Gasteiger partial charge < -0.3 is 18.9 Å². The third-order valence-electron chi connectivity index (χ3n) is 5.28. The first kappa shape index (κ1) is 23.0. The number of benzene rings is 3. The Hall–Kier alpha value is -3.19. The van der Waals surface area contributed by atoms with Crippen molar-refractivity contribution in [2.45, 2.75) is 35.8 Å². The molecule has 3 aromatic carbocycles. The standard InChI is InChI=1S/C25H24BrN3O4/c1-25(26)24(28-29-27)23(32-20-15-9-4-10-16-20)22(31-19-13-7-3-8-14-19)21(33-25)17-30-18-11-5-2-6-12-18/h2-16,21-24H,17H2,1H3/t21-,22-,23+,24-,25-/m1/s1. The fraction of sp³-hybridized carbons (Fsp3) is 0.280. The smallest absolute Gasteiger partial charge is 0.165 e. The van der Waals surface area contributed by atoms with Crippen molar-refractivity contribution in [3.8, 4) is 17.2 Å². The average Bonchev–Trinajstić information content (AvgIpc) is 2.84.